The molecule has 5 heteroatoms. The summed E-state index contributed by atoms with van der Waals surface area (Å²) < 4.78 is 2.68. The number of nitrogens with one attached hydrogen (secondary N) is 1. The molecule has 0 aliphatic rings. The van der Waals surface area contributed by atoms with Crippen LogP contribution in [0, 0.1) is 4.77 Å². The predicted molar refractivity (Wildman–Crippen MR) is 76.6 cm³/mol. The van der Waals surface area contributed by atoms with Crippen LogP contribution in [0.2, 0.25) is 10.0 Å². The largest absolute Gasteiger partial charge is 0.331 e. The number of rotatable bonds is 2. The van der Waals surface area contributed by atoms with Gasteiger partial charge in [-0.1, -0.05) is 34.9 Å². The van der Waals surface area contributed by atoms with Crippen LogP contribution in [-0.2, 0) is 6.54 Å². The van der Waals surface area contributed by atoms with Crippen LogP contribution in [0.4, 0.5) is 0 Å². The fourth-order valence-electron chi connectivity index (χ4n) is 1.61. The first-order chi connectivity index (χ1) is 7.99. The fraction of sp³-hybridized carbons (Fsp3) is 0.250. The van der Waals surface area contributed by atoms with E-state index in [1.54, 1.807) is 6.07 Å². The summed E-state index contributed by atoms with van der Waals surface area (Å²) in [5, 5.41) is 1.07. The van der Waals surface area contributed by atoms with Gasteiger partial charge in [0.25, 0.3) is 0 Å². The van der Waals surface area contributed by atoms with Gasteiger partial charge in [-0.05, 0) is 38.2 Å². The normalized spacial score (nSPS) is 10.8. The number of H-pyrrole nitrogens is 1. The maximum atomic E-state index is 6.02. The summed E-state index contributed by atoms with van der Waals surface area (Å²) in [5.74, 6) is 0. The molecule has 17 heavy (non-hydrogen) atoms. The molecule has 2 aromatic rings. The molecule has 0 atom stereocenters. The Morgan fingerprint density at radius 1 is 1.35 bits per heavy atom. The molecule has 0 saturated carbocycles. The Labute approximate surface area is 115 Å². The highest BCUT2D eigenvalue weighted by molar-refractivity contribution is 7.71. The molecule has 0 saturated heterocycles. The van der Waals surface area contributed by atoms with Crippen molar-refractivity contribution in [2.45, 2.75) is 20.4 Å². The van der Waals surface area contributed by atoms with Crippen molar-refractivity contribution >= 4 is 46.5 Å². The van der Waals surface area contributed by atoms with Gasteiger partial charge >= 0.3 is 0 Å². The van der Waals surface area contributed by atoms with E-state index in [2.05, 4.69) is 24.9 Å². The first-order valence-electron chi connectivity index (χ1n) is 5.20. The van der Waals surface area contributed by atoms with Crippen molar-refractivity contribution in [2.24, 2.45) is 0 Å². The highest BCUT2D eigenvalue weighted by Gasteiger charge is 2.07. The summed E-state index contributed by atoms with van der Waals surface area (Å²) in [6, 6.07) is 3.64. The second-order valence-corrected chi connectivity index (χ2v) is 5.31. The first kappa shape index (κ1) is 12.7. The molecule has 0 fully saturated rings. The second-order valence-electron chi connectivity index (χ2n) is 4.11. The van der Waals surface area contributed by atoms with E-state index in [1.165, 1.54) is 5.57 Å². The molecule has 0 amide bonds. The number of imidazole rings is 1. The van der Waals surface area contributed by atoms with Gasteiger partial charge < -0.3 is 9.55 Å². The highest BCUT2D eigenvalue weighted by Crippen LogP contribution is 2.27. The number of aromatic amines is 1. The van der Waals surface area contributed by atoms with Crippen molar-refractivity contribution in [1.29, 1.82) is 0 Å². The number of nitrogens with zero attached hydrogens (tertiary/aromatic N) is 1. The van der Waals surface area contributed by atoms with E-state index < -0.39 is 0 Å². The molecular weight excluding hydrogens is 275 g/mol. The van der Waals surface area contributed by atoms with E-state index in [4.69, 9.17) is 35.4 Å². The highest BCUT2D eigenvalue weighted by atomic mass is 35.5. The number of fused-ring (bicyclic) bond motifs is 1. The SMILES string of the molecule is CC(C)=CCn1c(=S)[nH]c2cc(Cl)c(Cl)cc21. The van der Waals surface area contributed by atoms with Crippen LogP contribution in [0.3, 0.4) is 0 Å². The smallest absolute Gasteiger partial charge is 0.178 e. The zero-order chi connectivity index (χ0) is 12.6. The fourth-order valence-corrected chi connectivity index (χ4v) is 2.21. The van der Waals surface area contributed by atoms with Gasteiger partial charge in [0.15, 0.2) is 4.77 Å². The second kappa shape index (κ2) is 4.84. The number of hydrogen-bond donors (Lipinski definition) is 1. The number of halogens is 2. The van der Waals surface area contributed by atoms with Crippen LogP contribution in [0.5, 0.6) is 0 Å². The molecule has 0 aliphatic heterocycles. The minimum absolute atomic E-state index is 0.532. The van der Waals surface area contributed by atoms with Crippen LogP contribution in [0.15, 0.2) is 23.8 Å². The molecule has 0 unspecified atom stereocenters. The molecule has 1 aromatic heterocycles. The Morgan fingerprint density at radius 2 is 2.00 bits per heavy atom. The Hall–Kier alpha value is -0.770. The van der Waals surface area contributed by atoms with Crippen molar-refractivity contribution in [3.8, 4) is 0 Å². The van der Waals surface area contributed by atoms with Crippen molar-refractivity contribution < 1.29 is 0 Å². The van der Waals surface area contributed by atoms with Gasteiger partial charge in [-0.25, -0.2) is 0 Å². The summed E-state index contributed by atoms with van der Waals surface area (Å²) in [7, 11) is 0. The number of allylic oxidation sites excluding steroid dienone is 2. The Kier molecular flexibility index (Phi) is 3.61. The van der Waals surface area contributed by atoms with Crippen molar-refractivity contribution in [1.82, 2.24) is 9.55 Å². The van der Waals surface area contributed by atoms with Gasteiger partial charge in [-0.3, -0.25) is 0 Å². The van der Waals surface area contributed by atoms with E-state index >= 15 is 0 Å². The number of hydrogen-bond acceptors (Lipinski definition) is 1. The van der Waals surface area contributed by atoms with Gasteiger partial charge in [-0.15, -0.1) is 0 Å². The molecule has 1 aromatic carbocycles. The van der Waals surface area contributed by atoms with Gasteiger partial charge in [0.1, 0.15) is 0 Å². The quantitative estimate of drug-likeness (QED) is 0.610. The molecule has 1 N–H and O–H groups in total. The molecule has 2 nitrogen and oxygen atoms in total. The maximum absolute atomic E-state index is 6.02. The van der Waals surface area contributed by atoms with E-state index in [9.17, 15) is 0 Å². The molecule has 1 heterocycles. The Morgan fingerprint density at radius 3 is 2.65 bits per heavy atom. The van der Waals surface area contributed by atoms with Crippen LogP contribution in [-0.4, -0.2) is 9.55 Å². The zero-order valence-corrected chi connectivity index (χ0v) is 11.9. The molecule has 2 rings (SSSR count). The lowest BCUT2D eigenvalue weighted by molar-refractivity contribution is 0.828. The topological polar surface area (TPSA) is 20.7 Å². The summed E-state index contributed by atoms with van der Waals surface area (Å²) >= 11 is 17.3. The molecule has 0 radical (unpaired) electrons. The molecule has 0 spiro atoms. The molecule has 0 bridgehead atoms. The Bertz CT molecular complexity index is 648. The van der Waals surface area contributed by atoms with Gasteiger partial charge in [0, 0.05) is 6.54 Å². The summed E-state index contributed by atoms with van der Waals surface area (Å²) in [4.78, 5) is 3.12. The Balaban J connectivity index is 2.63. The van der Waals surface area contributed by atoms with Crippen LogP contribution in [0.25, 0.3) is 11.0 Å². The van der Waals surface area contributed by atoms with E-state index in [-0.39, 0.29) is 0 Å². The van der Waals surface area contributed by atoms with E-state index in [0.717, 1.165) is 17.6 Å². The minimum Gasteiger partial charge on any atom is -0.331 e. The monoisotopic (exact) mass is 286 g/mol. The van der Waals surface area contributed by atoms with Gasteiger partial charge in [-0.2, -0.15) is 0 Å². The summed E-state index contributed by atoms with van der Waals surface area (Å²) in [6.07, 6.45) is 2.12. The molecule has 0 aliphatic carbocycles. The third-order valence-electron chi connectivity index (χ3n) is 2.50. The predicted octanol–water partition coefficient (Wildman–Crippen LogP) is 4.97. The van der Waals surface area contributed by atoms with Gasteiger partial charge in [0.2, 0.25) is 0 Å². The lowest BCUT2D eigenvalue weighted by Crippen LogP contribution is -1.95. The average Bonchev–Trinajstić information content (AvgIpc) is 2.52. The summed E-state index contributed by atoms with van der Waals surface area (Å²) in [5.41, 5.74) is 3.13. The van der Waals surface area contributed by atoms with Crippen molar-refractivity contribution in [3.63, 3.8) is 0 Å². The van der Waals surface area contributed by atoms with Crippen LogP contribution in [0.1, 0.15) is 13.8 Å². The average molecular weight is 287 g/mol. The summed E-state index contributed by atoms with van der Waals surface area (Å²) in [6.45, 7) is 4.85. The number of aromatic nitrogens is 2. The lowest BCUT2D eigenvalue weighted by atomic mass is 10.3. The van der Waals surface area contributed by atoms with Crippen molar-refractivity contribution in [3.05, 3.63) is 38.6 Å². The molecular formula is C12H12Cl2N2S. The minimum atomic E-state index is 0.532. The first-order valence-corrected chi connectivity index (χ1v) is 6.36. The van der Waals surface area contributed by atoms with E-state index in [0.29, 0.717) is 14.8 Å². The third-order valence-corrected chi connectivity index (χ3v) is 3.54. The van der Waals surface area contributed by atoms with Crippen LogP contribution < -0.4 is 0 Å². The van der Waals surface area contributed by atoms with Crippen molar-refractivity contribution in [2.75, 3.05) is 0 Å². The number of benzene rings is 1. The zero-order valence-electron chi connectivity index (χ0n) is 9.55. The third kappa shape index (κ3) is 2.57. The van der Waals surface area contributed by atoms with Gasteiger partial charge in [0.05, 0.1) is 21.1 Å². The van der Waals surface area contributed by atoms with E-state index in [1.807, 2.05) is 10.6 Å². The maximum Gasteiger partial charge on any atom is 0.178 e. The van der Waals surface area contributed by atoms with Crippen LogP contribution >= 0.6 is 35.4 Å². The molecule has 90 valence electrons. The standard InChI is InChI=1S/C12H12Cl2N2S/c1-7(2)3-4-16-11-6-9(14)8(13)5-10(11)15-12(16)17/h3,5-6H,4H2,1-2H3,(H,15,17). The lowest BCUT2D eigenvalue weighted by Gasteiger charge is -2.02.